The third kappa shape index (κ3) is 2.88. The molecule has 5 heteroatoms. The average Bonchev–Trinajstić information content (AvgIpc) is 2.52. The molecular formula is C18H18BrFN2O. The number of fused-ring (bicyclic) bond motifs is 4. The fourth-order valence-electron chi connectivity index (χ4n) is 4.02. The Morgan fingerprint density at radius 1 is 1.17 bits per heavy atom. The van der Waals surface area contributed by atoms with Crippen LogP contribution in [0.1, 0.15) is 23.6 Å². The van der Waals surface area contributed by atoms with Crippen LogP contribution in [0.25, 0.3) is 0 Å². The summed E-state index contributed by atoms with van der Waals surface area (Å²) in [5.41, 5.74) is 2.40. The second-order valence-electron chi connectivity index (χ2n) is 6.64. The molecule has 2 aromatic rings. The summed E-state index contributed by atoms with van der Waals surface area (Å²) in [6.07, 6.45) is 1.16. The fraction of sp³-hybridized carbons (Fsp3) is 0.389. The van der Waals surface area contributed by atoms with Crippen LogP contribution in [0.2, 0.25) is 0 Å². The van der Waals surface area contributed by atoms with Crippen LogP contribution in [0.3, 0.4) is 0 Å². The van der Waals surface area contributed by atoms with E-state index in [0.717, 1.165) is 38.2 Å². The lowest BCUT2D eigenvalue weighted by molar-refractivity contribution is 0.114. The van der Waals surface area contributed by atoms with Gasteiger partial charge in [-0.15, -0.1) is 0 Å². The standard InChI is InChI=1S/C18H18BrFN2O/c19-15-7-12(4-5-16(15)20)8-21-9-13-6-14(11-21)17-2-1-3-18(23)22(17)10-13/h1-5,7,13-14H,6,8-11H2/t13-,14+/m0/s1. The highest BCUT2D eigenvalue weighted by atomic mass is 79.9. The molecule has 3 heterocycles. The number of aromatic nitrogens is 1. The highest BCUT2D eigenvalue weighted by Crippen LogP contribution is 2.35. The maximum absolute atomic E-state index is 13.4. The van der Waals surface area contributed by atoms with Crippen LogP contribution in [-0.2, 0) is 13.1 Å². The summed E-state index contributed by atoms with van der Waals surface area (Å²) in [6.45, 7) is 3.58. The molecular weight excluding hydrogens is 359 g/mol. The lowest BCUT2D eigenvalue weighted by Crippen LogP contribution is -2.46. The Balaban J connectivity index is 1.56. The smallest absolute Gasteiger partial charge is 0.250 e. The average molecular weight is 377 g/mol. The number of hydrogen-bond acceptors (Lipinski definition) is 2. The molecule has 2 aliphatic rings. The van der Waals surface area contributed by atoms with Gasteiger partial charge in [0.2, 0.25) is 0 Å². The molecule has 2 atom stereocenters. The molecule has 2 aliphatic heterocycles. The van der Waals surface area contributed by atoms with Crippen molar-refractivity contribution in [2.45, 2.75) is 25.4 Å². The number of nitrogens with zero attached hydrogens (tertiary/aromatic N) is 2. The molecule has 2 bridgehead atoms. The van der Waals surface area contributed by atoms with Crippen LogP contribution in [0.15, 0.2) is 45.7 Å². The zero-order valence-corrected chi connectivity index (χ0v) is 14.3. The van der Waals surface area contributed by atoms with Crippen molar-refractivity contribution in [3.8, 4) is 0 Å². The fourth-order valence-corrected chi connectivity index (χ4v) is 4.45. The lowest BCUT2D eigenvalue weighted by Gasteiger charge is -2.42. The topological polar surface area (TPSA) is 25.2 Å². The van der Waals surface area contributed by atoms with Gasteiger partial charge in [-0.3, -0.25) is 9.69 Å². The van der Waals surface area contributed by atoms with Crippen molar-refractivity contribution in [2.24, 2.45) is 5.92 Å². The number of benzene rings is 1. The van der Waals surface area contributed by atoms with Crippen LogP contribution in [0.5, 0.6) is 0 Å². The summed E-state index contributed by atoms with van der Waals surface area (Å²) < 4.78 is 15.8. The lowest BCUT2D eigenvalue weighted by atomic mass is 9.83. The maximum Gasteiger partial charge on any atom is 0.250 e. The van der Waals surface area contributed by atoms with Crippen LogP contribution in [0.4, 0.5) is 4.39 Å². The Bertz CT molecular complexity index is 804. The second kappa shape index (κ2) is 5.87. The molecule has 3 nitrogen and oxygen atoms in total. The summed E-state index contributed by atoms with van der Waals surface area (Å²) in [6, 6.07) is 10.8. The highest BCUT2D eigenvalue weighted by molar-refractivity contribution is 9.10. The molecule has 23 heavy (non-hydrogen) atoms. The van der Waals surface area contributed by atoms with E-state index in [2.05, 4.69) is 26.9 Å². The Morgan fingerprint density at radius 2 is 2.04 bits per heavy atom. The molecule has 0 radical (unpaired) electrons. The van der Waals surface area contributed by atoms with E-state index in [1.807, 2.05) is 22.8 Å². The normalized spacial score (nSPS) is 23.6. The van der Waals surface area contributed by atoms with Gasteiger partial charge < -0.3 is 4.57 Å². The van der Waals surface area contributed by atoms with E-state index in [4.69, 9.17) is 0 Å². The number of pyridine rings is 1. The third-order valence-electron chi connectivity index (χ3n) is 4.95. The van der Waals surface area contributed by atoms with Crippen molar-refractivity contribution in [3.63, 3.8) is 0 Å². The van der Waals surface area contributed by atoms with E-state index < -0.39 is 0 Å². The van der Waals surface area contributed by atoms with Crippen LogP contribution in [-0.4, -0.2) is 22.6 Å². The largest absolute Gasteiger partial charge is 0.312 e. The highest BCUT2D eigenvalue weighted by Gasteiger charge is 2.34. The van der Waals surface area contributed by atoms with E-state index >= 15 is 0 Å². The van der Waals surface area contributed by atoms with Gasteiger partial charge in [0, 0.05) is 43.9 Å². The second-order valence-corrected chi connectivity index (χ2v) is 7.50. The van der Waals surface area contributed by atoms with E-state index in [-0.39, 0.29) is 11.4 Å². The van der Waals surface area contributed by atoms with Gasteiger partial charge in [-0.05, 0) is 52.0 Å². The van der Waals surface area contributed by atoms with Crippen molar-refractivity contribution in [2.75, 3.05) is 13.1 Å². The van der Waals surface area contributed by atoms with Crippen LogP contribution in [0, 0.1) is 11.7 Å². The van der Waals surface area contributed by atoms with Gasteiger partial charge in [-0.25, -0.2) is 4.39 Å². The van der Waals surface area contributed by atoms with Gasteiger partial charge in [0.15, 0.2) is 0 Å². The minimum absolute atomic E-state index is 0.119. The van der Waals surface area contributed by atoms with Crippen molar-refractivity contribution in [3.05, 3.63) is 68.3 Å². The van der Waals surface area contributed by atoms with Crippen LogP contribution < -0.4 is 5.56 Å². The first-order chi connectivity index (χ1) is 11.1. The predicted molar refractivity (Wildman–Crippen MR) is 90.9 cm³/mol. The first-order valence-corrected chi connectivity index (χ1v) is 8.75. The zero-order valence-electron chi connectivity index (χ0n) is 12.7. The van der Waals surface area contributed by atoms with Gasteiger partial charge in [0.25, 0.3) is 5.56 Å². The summed E-state index contributed by atoms with van der Waals surface area (Å²) in [7, 11) is 0. The van der Waals surface area contributed by atoms with Crippen molar-refractivity contribution in [1.82, 2.24) is 9.47 Å². The van der Waals surface area contributed by atoms with Gasteiger partial charge in [0.05, 0.1) is 4.47 Å². The minimum Gasteiger partial charge on any atom is -0.312 e. The Hall–Kier alpha value is -1.46. The Morgan fingerprint density at radius 3 is 2.87 bits per heavy atom. The number of halogens is 2. The summed E-state index contributed by atoms with van der Waals surface area (Å²) >= 11 is 3.26. The monoisotopic (exact) mass is 376 g/mol. The van der Waals surface area contributed by atoms with Crippen molar-refractivity contribution >= 4 is 15.9 Å². The SMILES string of the molecule is O=c1cccc2n1C[C@H]1C[C@@H]2CN(Cc2ccc(F)c(Br)c2)C1. The molecule has 0 spiro atoms. The molecule has 0 saturated carbocycles. The first kappa shape index (κ1) is 15.1. The molecule has 0 unspecified atom stereocenters. The first-order valence-electron chi connectivity index (χ1n) is 7.96. The van der Waals surface area contributed by atoms with E-state index in [9.17, 15) is 9.18 Å². The predicted octanol–water partition coefficient (Wildman–Crippen LogP) is 3.37. The minimum atomic E-state index is -0.224. The van der Waals surface area contributed by atoms with E-state index in [1.54, 1.807) is 6.07 Å². The molecule has 4 rings (SSSR count). The van der Waals surface area contributed by atoms with Gasteiger partial charge in [-0.1, -0.05) is 12.1 Å². The summed E-state index contributed by atoms with van der Waals surface area (Å²) in [4.78, 5) is 14.5. The Kier molecular flexibility index (Phi) is 3.85. The molecule has 1 fully saturated rings. The molecule has 120 valence electrons. The number of likely N-dealkylation sites (tertiary alicyclic amines) is 1. The number of piperidine rings is 1. The van der Waals surface area contributed by atoms with Gasteiger partial charge in [-0.2, -0.15) is 0 Å². The molecule has 0 N–H and O–H groups in total. The van der Waals surface area contributed by atoms with Crippen molar-refractivity contribution in [1.29, 1.82) is 0 Å². The number of hydrogen-bond donors (Lipinski definition) is 0. The summed E-state index contributed by atoms with van der Waals surface area (Å²) in [5, 5.41) is 0. The van der Waals surface area contributed by atoms with Gasteiger partial charge >= 0.3 is 0 Å². The molecule has 0 aliphatic carbocycles. The van der Waals surface area contributed by atoms with Gasteiger partial charge in [0.1, 0.15) is 5.82 Å². The third-order valence-corrected chi connectivity index (χ3v) is 5.55. The summed E-state index contributed by atoms with van der Waals surface area (Å²) in [5.74, 6) is 0.711. The van der Waals surface area contributed by atoms with Crippen molar-refractivity contribution < 1.29 is 4.39 Å². The van der Waals surface area contributed by atoms with Crippen LogP contribution >= 0.6 is 15.9 Å². The van der Waals surface area contributed by atoms with E-state index in [0.29, 0.717) is 16.3 Å². The molecule has 1 saturated heterocycles. The zero-order chi connectivity index (χ0) is 16.0. The van der Waals surface area contributed by atoms with E-state index in [1.165, 1.54) is 11.8 Å². The molecule has 1 aromatic heterocycles. The Labute approximate surface area is 142 Å². The quantitative estimate of drug-likeness (QED) is 0.802. The maximum atomic E-state index is 13.4. The molecule has 1 aromatic carbocycles. The molecule has 0 amide bonds. The number of rotatable bonds is 2.